The Balaban J connectivity index is 1.75. The number of fused-ring (bicyclic) bond motifs is 1. The minimum Gasteiger partial charge on any atom is -0.368 e. The van der Waals surface area contributed by atoms with Gasteiger partial charge in [-0.15, -0.1) is 11.3 Å². The van der Waals surface area contributed by atoms with Crippen LogP contribution in [-0.2, 0) is 4.74 Å². The molecule has 0 spiro atoms. The SMILES string of the molecule is Cc1nc(N)nc(N[C@@H]2C[C@H](C)[C@@H](C)[C@H]2OC(C)(C)O)c1-c1nc2c(C)nccc2s1. The molecule has 0 aromatic carbocycles. The maximum Gasteiger partial charge on any atom is 0.222 e. The highest BCUT2D eigenvalue weighted by atomic mass is 32.1. The van der Waals surface area contributed by atoms with Crippen molar-refractivity contribution in [3.05, 3.63) is 23.7 Å². The zero-order chi connectivity index (χ0) is 22.5. The van der Waals surface area contributed by atoms with Gasteiger partial charge < -0.3 is 20.9 Å². The number of rotatable bonds is 5. The number of nitrogens with one attached hydrogen (secondary N) is 1. The molecule has 1 aliphatic rings. The first kappa shape index (κ1) is 21.9. The lowest BCUT2D eigenvalue weighted by atomic mass is 9.99. The summed E-state index contributed by atoms with van der Waals surface area (Å²) in [6, 6.07) is 1.94. The second-order valence-corrected chi connectivity index (χ2v) is 10.0. The minimum atomic E-state index is -1.22. The molecule has 0 radical (unpaired) electrons. The number of aromatic nitrogens is 4. The third-order valence-corrected chi connectivity index (χ3v) is 7.03. The van der Waals surface area contributed by atoms with Gasteiger partial charge in [0.05, 0.1) is 33.8 Å². The summed E-state index contributed by atoms with van der Waals surface area (Å²) in [5, 5.41) is 14.7. The molecule has 166 valence electrons. The highest BCUT2D eigenvalue weighted by Crippen LogP contribution is 2.40. The van der Waals surface area contributed by atoms with Gasteiger partial charge in [-0.3, -0.25) is 4.98 Å². The molecule has 1 aliphatic carbocycles. The average Bonchev–Trinajstić information content (AvgIpc) is 3.18. The highest BCUT2D eigenvalue weighted by molar-refractivity contribution is 7.21. The third kappa shape index (κ3) is 4.35. The Morgan fingerprint density at radius 3 is 2.61 bits per heavy atom. The van der Waals surface area contributed by atoms with Gasteiger partial charge in [-0.25, -0.2) is 9.97 Å². The van der Waals surface area contributed by atoms with Gasteiger partial charge in [0.15, 0.2) is 5.79 Å². The summed E-state index contributed by atoms with van der Waals surface area (Å²) in [5.41, 5.74) is 9.38. The van der Waals surface area contributed by atoms with Gasteiger partial charge in [0.2, 0.25) is 5.95 Å². The molecule has 0 amide bonds. The van der Waals surface area contributed by atoms with E-state index in [4.69, 9.17) is 15.5 Å². The Kier molecular flexibility index (Phi) is 5.61. The number of nitrogen functional groups attached to an aromatic ring is 1. The van der Waals surface area contributed by atoms with E-state index in [1.54, 1.807) is 31.4 Å². The number of nitrogens with zero attached hydrogens (tertiary/aromatic N) is 4. The van der Waals surface area contributed by atoms with Crippen LogP contribution >= 0.6 is 11.3 Å². The maximum atomic E-state index is 10.3. The fourth-order valence-electron chi connectivity index (χ4n) is 4.32. The fraction of sp³-hybridized carbons (Fsp3) is 0.545. The lowest BCUT2D eigenvalue weighted by Crippen LogP contribution is -2.41. The molecule has 9 heteroatoms. The van der Waals surface area contributed by atoms with Crippen LogP contribution in [0.2, 0.25) is 0 Å². The molecule has 4 N–H and O–H groups in total. The van der Waals surface area contributed by atoms with E-state index in [1.807, 2.05) is 19.9 Å². The van der Waals surface area contributed by atoms with Crippen molar-refractivity contribution in [2.24, 2.45) is 11.8 Å². The fourth-order valence-corrected chi connectivity index (χ4v) is 5.43. The van der Waals surface area contributed by atoms with Crippen molar-refractivity contribution in [1.82, 2.24) is 19.9 Å². The number of hydrogen-bond acceptors (Lipinski definition) is 9. The first-order valence-corrected chi connectivity index (χ1v) is 11.4. The lowest BCUT2D eigenvalue weighted by molar-refractivity contribution is -0.213. The van der Waals surface area contributed by atoms with Crippen LogP contribution < -0.4 is 11.1 Å². The number of ether oxygens (including phenoxy) is 1. The van der Waals surface area contributed by atoms with E-state index in [0.29, 0.717) is 11.7 Å². The van der Waals surface area contributed by atoms with Crippen LogP contribution in [0.1, 0.15) is 45.5 Å². The largest absolute Gasteiger partial charge is 0.368 e. The number of nitrogens with two attached hydrogens (primary N) is 1. The molecule has 4 atom stereocenters. The summed E-state index contributed by atoms with van der Waals surface area (Å²) in [6.07, 6.45) is 2.53. The molecule has 3 heterocycles. The molecule has 31 heavy (non-hydrogen) atoms. The van der Waals surface area contributed by atoms with Gasteiger partial charge in [-0.05, 0) is 52.0 Å². The monoisotopic (exact) mass is 442 g/mol. The molecule has 0 unspecified atom stereocenters. The first-order chi connectivity index (χ1) is 14.5. The second kappa shape index (κ2) is 7.96. The van der Waals surface area contributed by atoms with Crippen LogP contribution in [0, 0.1) is 25.7 Å². The second-order valence-electron chi connectivity index (χ2n) is 9.01. The summed E-state index contributed by atoms with van der Waals surface area (Å²) < 4.78 is 7.10. The predicted molar refractivity (Wildman–Crippen MR) is 124 cm³/mol. The molecule has 4 rings (SSSR count). The van der Waals surface area contributed by atoms with E-state index in [0.717, 1.165) is 38.6 Å². The van der Waals surface area contributed by atoms with E-state index in [2.05, 4.69) is 34.1 Å². The number of anilines is 2. The van der Waals surface area contributed by atoms with Crippen LogP contribution in [0.25, 0.3) is 20.8 Å². The molecule has 3 aromatic heterocycles. The highest BCUT2D eigenvalue weighted by Gasteiger charge is 2.42. The average molecular weight is 443 g/mol. The van der Waals surface area contributed by atoms with Gasteiger partial charge in [0, 0.05) is 6.20 Å². The molecule has 0 aliphatic heterocycles. The molecule has 1 saturated carbocycles. The van der Waals surface area contributed by atoms with Crippen molar-refractivity contribution < 1.29 is 9.84 Å². The van der Waals surface area contributed by atoms with Crippen molar-refractivity contribution in [1.29, 1.82) is 0 Å². The summed E-state index contributed by atoms with van der Waals surface area (Å²) in [6.45, 7) is 11.6. The van der Waals surface area contributed by atoms with Crippen LogP contribution in [-0.4, -0.2) is 43.0 Å². The van der Waals surface area contributed by atoms with Crippen LogP contribution in [0.3, 0.4) is 0 Å². The summed E-state index contributed by atoms with van der Waals surface area (Å²) in [4.78, 5) is 18.1. The molecule has 0 bridgehead atoms. The van der Waals surface area contributed by atoms with E-state index >= 15 is 0 Å². The summed E-state index contributed by atoms with van der Waals surface area (Å²) in [5.74, 6) is 0.352. The van der Waals surface area contributed by atoms with Crippen molar-refractivity contribution in [3.63, 3.8) is 0 Å². The molecule has 0 saturated heterocycles. The molecular formula is C22H30N6O2S. The summed E-state index contributed by atoms with van der Waals surface area (Å²) in [7, 11) is 0. The van der Waals surface area contributed by atoms with Crippen LogP contribution in [0.5, 0.6) is 0 Å². The van der Waals surface area contributed by atoms with Gasteiger partial charge >= 0.3 is 0 Å². The Hall–Kier alpha value is -2.36. The third-order valence-electron chi connectivity index (χ3n) is 6.00. The quantitative estimate of drug-likeness (QED) is 0.509. The zero-order valence-electron chi connectivity index (χ0n) is 18.8. The van der Waals surface area contributed by atoms with Gasteiger partial charge in [-0.2, -0.15) is 4.98 Å². The standard InChI is InChI=1S/C22H30N6O2S/c1-10-9-14(18(11(10)2)30-22(5,6)29)26-19-16(12(3)25-21(23)28-19)20-27-17-13(4)24-8-7-15(17)31-20/h7-8,10-11,14,18,29H,9H2,1-6H3,(H3,23,25,26,28)/t10-,11+,14+,18+/m0/s1. The molecule has 1 fully saturated rings. The minimum absolute atomic E-state index is 0.0262. The molecule has 3 aromatic rings. The van der Waals surface area contributed by atoms with Gasteiger partial charge in [0.1, 0.15) is 16.3 Å². The van der Waals surface area contributed by atoms with Crippen LogP contribution in [0.15, 0.2) is 12.3 Å². The van der Waals surface area contributed by atoms with E-state index in [-0.39, 0.29) is 24.0 Å². The molecule has 8 nitrogen and oxygen atoms in total. The Bertz CT molecular complexity index is 1110. The lowest BCUT2D eigenvalue weighted by Gasteiger charge is -2.31. The van der Waals surface area contributed by atoms with Gasteiger partial charge in [0.25, 0.3) is 0 Å². The molecular weight excluding hydrogens is 412 g/mol. The first-order valence-electron chi connectivity index (χ1n) is 10.6. The van der Waals surface area contributed by atoms with Gasteiger partial charge in [-0.1, -0.05) is 13.8 Å². The van der Waals surface area contributed by atoms with E-state index < -0.39 is 5.79 Å². The topological polar surface area (TPSA) is 119 Å². The maximum absolute atomic E-state index is 10.3. The number of thiazole rings is 1. The number of pyridine rings is 1. The number of aliphatic hydroxyl groups is 1. The number of aryl methyl sites for hydroxylation is 2. The zero-order valence-corrected chi connectivity index (χ0v) is 19.6. The number of hydrogen-bond donors (Lipinski definition) is 3. The predicted octanol–water partition coefficient (Wildman–Crippen LogP) is 3.92. The summed E-state index contributed by atoms with van der Waals surface area (Å²) >= 11 is 1.59. The Labute approximate surface area is 186 Å². The Morgan fingerprint density at radius 1 is 1.19 bits per heavy atom. The van der Waals surface area contributed by atoms with E-state index in [9.17, 15) is 5.11 Å². The normalized spacial score (nSPS) is 24.1. The Morgan fingerprint density at radius 2 is 1.94 bits per heavy atom. The van der Waals surface area contributed by atoms with Crippen molar-refractivity contribution >= 4 is 33.3 Å². The van der Waals surface area contributed by atoms with Crippen molar-refractivity contribution in [3.8, 4) is 10.6 Å². The van der Waals surface area contributed by atoms with E-state index in [1.165, 1.54) is 0 Å². The van der Waals surface area contributed by atoms with Crippen LogP contribution in [0.4, 0.5) is 11.8 Å². The smallest absolute Gasteiger partial charge is 0.222 e. The van der Waals surface area contributed by atoms with Crippen molar-refractivity contribution in [2.45, 2.75) is 65.9 Å². The van der Waals surface area contributed by atoms with Crippen molar-refractivity contribution in [2.75, 3.05) is 11.1 Å².